The first-order chi connectivity index (χ1) is 13.5. The summed E-state index contributed by atoms with van der Waals surface area (Å²) in [5.74, 6) is -1.00. The lowest BCUT2D eigenvalue weighted by Gasteiger charge is -2.18. The molecule has 0 aliphatic heterocycles. The van der Waals surface area contributed by atoms with Crippen molar-refractivity contribution >= 4 is 28.8 Å². The first kappa shape index (κ1) is 17.3. The first-order valence-electron chi connectivity index (χ1n) is 8.34. The zero-order valence-corrected chi connectivity index (χ0v) is 14.3. The molecule has 3 aromatic carbocycles. The van der Waals surface area contributed by atoms with Crippen molar-refractivity contribution in [2.45, 2.75) is 0 Å². The van der Waals surface area contributed by atoms with E-state index in [2.05, 4.69) is 5.32 Å². The number of non-ortho nitro benzene ring substituents is 1. The van der Waals surface area contributed by atoms with Gasteiger partial charge in [-0.1, -0.05) is 24.3 Å². The number of nitro benzene ring substituents is 1. The number of nitro groups is 1. The predicted octanol–water partition coefficient (Wildman–Crippen LogP) is 3.62. The highest BCUT2D eigenvalue weighted by Gasteiger charge is 2.29. The van der Waals surface area contributed by atoms with Crippen LogP contribution in [0.4, 0.5) is 11.4 Å². The summed E-state index contributed by atoms with van der Waals surface area (Å²) in [5.41, 5.74) is 1.68. The maximum Gasteiger partial charge on any atom is 0.269 e. The Labute approximate surface area is 158 Å². The molecular weight excluding hydrogens is 360 g/mol. The number of rotatable bonds is 3. The van der Waals surface area contributed by atoms with Gasteiger partial charge in [-0.15, -0.1) is 0 Å². The molecule has 0 atom stereocenters. The third kappa shape index (κ3) is 2.84. The van der Waals surface area contributed by atoms with Crippen molar-refractivity contribution < 1.29 is 19.3 Å². The second kappa shape index (κ2) is 6.55. The van der Waals surface area contributed by atoms with Gasteiger partial charge < -0.3 is 5.32 Å². The van der Waals surface area contributed by atoms with Gasteiger partial charge in [0.2, 0.25) is 0 Å². The Morgan fingerprint density at radius 1 is 0.786 bits per heavy atom. The van der Waals surface area contributed by atoms with Crippen LogP contribution in [0.5, 0.6) is 0 Å². The van der Waals surface area contributed by atoms with E-state index < -0.39 is 10.8 Å². The maximum atomic E-state index is 12.7. The molecule has 0 saturated carbocycles. The van der Waals surface area contributed by atoms with Crippen LogP contribution in [0.1, 0.15) is 42.2 Å². The molecule has 0 spiro atoms. The summed E-state index contributed by atoms with van der Waals surface area (Å²) in [4.78, 5) is 47.9. The fourth-order valence-corrected chi connectivity index (χ4v) is 3.11. The van der Waals surface area contributed by atoms with E-state index >= 15 is 0 Å². The number of benzene rings is 3. The van der Waals surface area contributed by atoms with Crippen molar-refractivity contribution in [3.63, 3.8) is 0 Å². The fourth-order valence-electron chi connectivity index (χ4n) is 3.11. The van der Waals surface area contributed by atoms with Crippen LogP contribution in [-0.2, 0) is 0 Å². The van der Waals surface area contributed by atoms with Gasteiger partial charge in [0.15, 0.2) is 11.6 Å². The van der Waals surface area contributed by atoms with Crippen molar-refractivity contribution in [2.75, 3.05) is 5.32 Å². The SMILES string of the molecule is O=C(Nc1ccc2c(c1)C(=O)c1ccccc1C2=O)c1ccc([N+](=O)[O-])cc1. The second-order valence-electron chi connectivity index (χ2n) is 6.22. The summed E-state index contributed by atoms with van der Waals surface area (Å²) in [6, 6.07) is 16.3. The average Bonchev–Trinajstić information content (AvgIpc) is 2.72. The number of fused-ring (bicyclic) bond motifs is 2. The zero-order chi connectivity index (χ0) is 19.8. The smallest absolute Gasteiger partial charge is 0.269 e. The summed E-state index contributed by atoms with van der Waals surface area (Å²) in [6.45, 7) is 0. The molecule has 7 nitrogen and oxygen atoms in total. The normalized spacial score (nSPS) is 12.1. The van der Waals surface area contributed by atoms with Crippen LogP contribution in [0.3, 0.4) is 0 Å². The van der Waals surface area contributed by atoms with Gasteiger partial charge in [0, 0.05) is 45.6 Å². The number of hydrogen-bond donors (Lipinski definition) is 1. The molecule has 0 fully saturated rings. The Bertz CT molecular complexity index is 1170. The van der Waals surface area contributed by atoms with Gasteiger partial charge >= 0.3 is 0 Å². The summed E-state index contributed by atoms with van der Waals surface area (Å²) in [6.07, 6.45) is 0. The number of carbonyl (C=O) groups is 3. The summed E-state index contributed by atoms with van der Waals surface area (Å²) in [7, 11) is 0. The minimum absolute atomic E-state index is 0.117. The highest BCUT2D eigenvalue weighted by molar-refractivity contribution is 6.28. The van der Waals surface area contributed by atoms with E-state index in [1.807, 2.05) is 0 Å². The van der Waals surface area contributed by atoms with Crippen LogP contribution < -0.4 is 5.32 Å². The van der Waals surface area contributed by atoms with E-state index in [-0.39, 0.29) is 33.9 Å². The quantitative estimate of drug-likeness (QED) is 0.437. The predicted molar refractivity (Wildman–Crippen MR) is 101 cm³/mol. The molecule has 1 amide bonds. The molecule has 0 radical (unpaired) electrons. The summed E-state index contributed by atoms with van der Waals surface area (Å²) in [5, 5.41) is 13.3. The van der Waals surface area contributed by atoms with E-state index in [0.29, 0.717) is 16.8 Å². The van der Waals surface area contributed by atoms with Gasteiger partial charge in [0.25, 0.3) is 11.6 Å². The summed E-state index contributed by atoms with van der Waals surface area (Å²) >= 11 is 0. The van der Waals surface area contributed by atoms with Gasteiger partial charge in [-0.3, -0.25) is 24.5 Å². The second-order valence-corrected chi connectivity index (χ2v) is 6.22. The lowest BCUT2D eigenvalue weighted by atomic mass is 9.84. The van der Waals surface area contributed by atoms with Crippen LogP contribution in [0.2, 0.25) is 0 Å². The Hall–Kier alpha value is -4.13. The molecule has 0 aromatic heterocycles. The largest absolute Gasteiger partial charge is 0.322 e. The van der Waals surface area contributed by atoms with Crippen LogP contribution in [0.25, 0.3) is 0 Å². The van der Waals surface area contributed by atoms with Crippen molar-refractivity contribution in [3.8, 4) is 0 Å². The van der Waals surface area contributed by atoms with Gasteiger partial charge in [0.1, 0.15) is 0 Å². The van der Waals surface area contributed by atoms with Gasteiger partial charge in [-0.05, 0) is 30.3 Å². The maximum absolute atomic E-state index is 12.7. The number of ketones is 2. The van der Waals surface area contributed by atoms with E-state index in [1.54, 1.807) is 30.3 Å². The van der Waals surface area contributed by atoms with Gasteiger partial charge in [0.05, 0.1) is 4.92 Å². The van der Waals surface area contributed by atoms with Crippen molar-refractivity contribution in [1.82, 2.24) is 0 Å². The topological polar surface area (TPSA) is 106 Å². The number of carbonyl (C=O) groups excluding carboxylic acids is 3. The number of nitrogens with zero attached hydrogens (tertiary/aromatic N) is 1. The average molecular weight is 372 g/mol. The molecular formula is C21H12N2O5. The third-order valence-electron chi connectivity index (χ3n) is 4.52. The Morgan fingerprint density at radius 3 is 1.96 bits per heavy atom. The van der Waals surface area contributed by atoms with E-state index in [0.717, 1.165) is 0 Å². The van der Waals surface area contributed by atoms with Crippen LogP contribution in [-0.4, -0.2) is 22.4 Å². The number of anilines is 1. The molecule has 0 heterocycles. The Balaban J connectivity index is 1.62. The van der Waals surface area contributed by atoms with E-state index in [9.17, 15) is 24.5 Å². The molecule has 1 aliphatic rings. The Kier molecular flexibility index (Phi) is 4.04. The molecule has 4 rings (SSSR count). The van der Waals surface area contributed by atoms with Gasteiger partial charge in [-0.2, -0.15) is 0 Å². The molecule has 28 heavy (non-hydrogen) atoms. The standard InChI is InChI=1S/C21H12N2O5/c24-19-15-3-1-2-4-16(15)20(25)18-11-13(7-10-17(18)19)22-21(26)12-5-8-14(9-6-12)23(27)28/h1-11H,(H,22,26). The molecule has 7 heteroatoms. The molecule has 0 saturated heterocycles. The van der Waals surface area contributed by atoms with Crippen LogP contribution >= 0.6 is 0 Å². The summed E-state index contributed by atoms with van der Waals surface area (Å²) < 4.78 is 0. The van der Waals surface area contributed by atoms with Crippen molar-refractivity contribution in [1.29, 1.82) is 0 Å². The van der Waals surface area contributed by atoms with Crippen molar-refractivity contribution in [2.24, 2.45) is 0 Å². The number of hydrogen-bond acceptors (Lipinski definition) is 5. The minimum Gasteiger partial charge on any atom is -0.322 e. The minimum atomic E-state index is -0.550. The number of amides is 1. The van der Waals surface area contributed by atoms with Crippen LogP contribution in [0.15, 0.2) is 66.7 Å². The lowest BCUT2D eigenvalue weighted by Crippen LogP contribution is -2.21. The number of nitrogens with one attached hydrogen (secondary N) is 1. The Morgan fingerprint density at radius 2 is 1.36 bits per heavy atom. The fraction of sp³-hybridized carbons (Fsp3) is 0. The molecule has 0 unspecified atom stereocenters. The zero-order valence-electron chi connectivity index (χ0n) is 14.3. The molecule has 0 bridgehead atoms. The highest BCUT2D eigenvalue weighted by atomic mass is 16.6. The van der Waals surface area contributed by atoms with Gasteiger partial charge in [-0.25, -0.2) is 0 Å². The molecule has 136 valence electrons. The molecule has 3 aromatic rings. The van der Waals surface area contributed by atoms with Crippen molar-refractivity contribution in [3.05, 3.63) is 105 Å². The highest BCUT2D eigenvalue weighted by Crippen LogP contribution is 2.29. The third-order valence-corrected chi connectivity index (χ3v) is 4.52. The van der Waals surface area contributed by atoms with E-state index in [4.69, 9.17) is 0 Å². The van der Waals surface area contributed by atoms with E-state index in [1.165, 1.54) is 36.4 Å². The molecule has 1 N–H and O–H groups in total. The monoisotopic (exact) mass is 372 g/mol. The van der Waals surface area contributed by atoms with Crippen LogP contribution in [0, 0.1) is 10.1 Å². The molecule has 1 aliphatic carbocycles. The lowest BCUT2D eigenvalue weighted by molar-refractivity contribution is -0.384. The first-order valence-corrected chi connectivity index (χ1v) is 8.34.